The Bertz CT molecular complexity index is 610. The highest BCUT2D eigenvalue weighted by Crippen LogP contribution is 2.29. The van der Waals surface area contributed by atoms with Crippen molar-refractivity contribution >= 4 is 17.3 Å². The lowest BCUT2D eigenvalue weighted by Gasteiger charge is -2.13. The highest BCUT2D eigenvalue weighted by atomic mass is 16.1. The molecule has 0 saturated carbocycles. The van der Waals surface area contributed by atoms with E-state index in [1.54, 1.807) is 24.5 Å². The zero-order chi connectivity index (χ0) is 13.2. The molecule has 0 aliphatic carbocycles. The second-order valence-corrected chi connectivity index (χ2v) is 4.71. The summed E-state index contributed by atoms with van der Waals surface area (Å²) in [5.74, 6) is -0.108. The monoisotopic (exact) mass is 253 g/mol. The predicted molar refractivity (Wildman–Crippen MR) is 75.6 cm³/mol. The molecule has 1 N–H and O–H groups in total. The van der Waals surface area contributed by atoms with Gasteiger partial charge in [-0.25, -0.2) is 0 Å². The van der Waals surface area contributed by atoms with Gasteiger partial charge in [-0.2, -0.15) is 0 Å². The fourth-order valence-corrected chi connectivity index (χ4v) is 2.32. The van der Waals surface area contributed by atoms with Crippen LogP contribution in [0.2, 0.25) is 0 Å². The number of anilines is 2. The molecule has 1 aromatic heterocycles. The van der Waals surface area contributed by atoms with Gasteiger partial charge in [0.1, 0.15) is 0 Å². The van der Waals surface area contributed by atoms with Crippen LogP contribution in [0, 0.1) is 0 Å². The van der Waals surface area contributed by atoms with E-state index < -0.39 is 0 Å². The van der Waals surface area contributed by atoms with Crippen LogP contribution in [0.25, 0.3) is 0 Å². The molecule has 0 unspecified atom stereocenters. The van der Waals surface area contributed by atoms with Crippen molar-refractivity contribution in [2.75, 3.05) is 23.8 Å². The number of hydrogen-bond donors (Lipinski definition) is 1. The van der Waals surface area contributed by atoms with Gasteiger partial charge in [0.25, 0.3) is 5.91 Å². The summed E-state index contributed by atoms with van der Waals surface area (Å²) in [5.41, 5.74) is 3.98. The lowest BCUT2D eigenvalue weighted by molar-refractivity contribution is 0.102. The van der Waals surface area contributed by atoms with Crippen LogP contribution in [0.1, 0.15) is 15.9 Å². The number of fused-ring (bicyclic) bond motifs is 1. The maximum absolute atomic E-state index is 12.0. The predicted octanol–water partition coefficient (Wildman–Crippen LogP) is 2.33. The summed E-state index contributed by atoms with van der Waals surface area (Å²) in [6, 6.07) is 9.48. The Morgan fingerprint density at radius 3 is 2.84 bits per heavy atom. The Morgan fingerprint density at radius 1 is 1.26 bits per heavy atom. The minimum absolute atomic E-state index is 0.108. The van der Waals surface area contributed by atoms with E-state index in [0.29, 0.717) is 5.56 Å². The standard InChI is InChI=1S/C15H15N3O/c1-18-9-6-11-2-3-13(10-14(11)18)17-15(19)12-4-7-16-8-5-12/h2-5,7-8,10H,6,9H2,1H3,(H,17,19). The van der Waals surface area contributed by atoms with Gasteiger partial charge in [-0.3, -0.25) is 9.78 Å². The van der Waals surface area contributed by atoms with Gasteiger partial charge < -0.3 is 10.2 Å². The minimum atomic E-state index is -0.108. The molecule has 4 heteroatoms. The average Bonchev–Trinajstić information content (AvgIpc) is 2.81. The van der Waals surface area contributed by atoms with Crippen LogP contribution in [0.15, 0.2) is 42.7 Å². The Hall–Kier alpha value is -2.36. The number of hydrogen-bond acceptors (Lipinski definition) is 3. The molecule has 3 rings (SSSR count). The van der Waals surface area contributed by atoms with Gasteiger partial charge >= 0.3 is 0 Å². The smallest absolute Gasteiger partial charge is 0.255 e. The van der Waals surface area contributed by atoms with Gasteiger partial charge in [-0.1, -0.05) is 6.07 Å². The maximum Gasteiger partial charge on any atom is 0.255 e. The number of likely N-dealkylation sites (N-methyl/N-ethyl adjacent to an activating group) is 1. The normalized spacial score (nSPS) is 13.2. The van der Waals surface area contributed by atoms with Gasteiger partial charge in [0.2, 0.25) is 0 Å². The highest BCUT2D eigenvalue weighted by Gasteiger charge is 2.16. The van der Waals surface area contributed by atoms with Crippen LogP contribution in [-0.2, 0) is 6.42 Å². The average molecular weight is 253 g/mol. The molecule has 0 spiro atoms. The maximum atomic E-state index is 12.0. The summed E-state index contributed by atoms with van der Waals surface area (Å²) in [4.78, 5) is 18.2. The first-order valence-electron chi connectivity index (χ1n) is 6.29. The summed E-state index contributed by atoms with van der Waals surface area (Å²) in [6.07, 6.45) is 4.31. The fourth-order valence-electron chi connectivity index (χ4n) is 2.32. The van der Waals surface area contributed by atoms with Gasteiger partial charge in [0.05, 0.1) is 0 Å². The molecule has 2 heterocycles. The summed E-state index contributed by atoms with van der Waals surface area (Å²) >= 11 is 0. The van der Waals surface area contributed by atoms with Crippen LogP contribution in [0.4, 0.5) is 11.4 Å². The number of nitrogens with zero attached hydrogens (tertiary/aromatic N) is 2. The molecule has 0 saturated heterocycles. The SMILES string of the molecule is CN1CCc2ccc(NC(=O)c3ccncc3)cc21. The Morgan fingerprint density at radius 2 is 2.05 bits per heavy atom. The molecule has 4 nitrogen and oxygen atoms in total. The van der Waals surface area contributed by atoms with Crippen LogP contribution in [0.3, 0.4) is 0 Å². The zero-order valence-electron chi connectivity index (χ0n) is 10.8. The number of carbonyl (C=O) groups is 1. The van der Waals surface area contributed by atoms with Crippen molar-refractivity contribution in [1.82, 2.24) is 4.98 Å². The molecule has 0 radical (unpaired) electrons. The van der Waals surface area contributed by atoms with Crippen molar-refractivity contribution in [2.24, 2.45) is 0 Å². The van der Waals surface area contributed by atoms with E-state index >= 15 is 0 Å². The molecule has 0 atom stereocenters. The molecule has 1 aliphatic rings. The van der Waals surface area contributed by atoms with Crippen LogP contribution in [0.5, 0.6) is 0 Å². The molecule has 1 aromatic carbocycles. The first-order chi connectivity index (χ1) is 9.24. The number of pyridine rings is 1. The summed E-state index contributed by atoms with van der Waals surface area (Å²) in [5, 5.41) is 2.92. The third kappa shape index (κ3) is 2.29. The quantitative estimate of drug-likeness (QED) is 0.893. The second kappa shape index (κ2) is 4.72. The molecule has 19 heavy (non-hydrogen) atoms. The molecule has 1 aliphatic heterocycles. The molecule has 0 fully saturated rings. The van der Waals surface area contributed by atoms with Crippen molar-refractivity contribution < 1.29 is 4.79 Å². The largest absolute Gasteiger partial charge is 0.374 e. The number of rotatable bonds is 2. The van der Waals surface area contributed by atoms with E-state index in [9.17, 15) is 4.79 Å². The summed E-state index contributed by atoms with van der Waals surface area (Å²) in [7, 11) is 2.07. The van der Waals surface area contributed by atoms with Gasteiger partial charge in [0, 0.05) is 42.9 Å². The lowest BCUT2D eigenvalue weighted by Crippen LogP contribution is -2.14. The van der Waals surface area contributed by atoms with Gasteiger partial charge in [0.15, 0.2) is 0 Å². The van der Waals surface area contributed by atoms with Gasteiger partial charge in [-0.05, 0) is 36.2 Å². The zero-order valence-corrected chi connectivity index (χ0v) is 10.8. The molecule has 2 aromatic rings. The number of aromatic nitrogens is 1. The van der Waals surface area contributed by atoms with Crippen LogP contribution < -0.4 is 10.2 Å². The van der Waals surface area contributed by atoms with Crippen LogP contribution in [-0.4, -0.2) is 24.5 Å². The summed E-state index contributed by atoms with van der Waals surface area (Å²) < 4.78 is 0. The number of carbonyl (C=O) groups excluding carboxylic acids is 1. The van der Waals surface area contributed by atoms with E-state index in [4.69, 9.17) is 0 Å². The van der Waals surface area contributed by atoms with E-state index in [0.717, 1.165) is 18.7 Å². The molecule has 1 amide bonds. The lowest BCUT2D eigenvalue weighted by atomic mass is 10.1. The Kier molecular flexibility index (Phi) is 2.91. The minimum Gasteiger partial charge on any atom is -0.374 e. The first-order valence-corrected chi connectivity index (χ1v) is 6.29. The van der Waals surface area contributed by atoms with Crippen molar-refractivity contribution in [2.45, 2.75) is 6.42 Å². The topological polar surface area (TPSA) is 45.2 Å². The van der Waals surface area contributed by atoms with E-state index in [-0.39, 0.29) is 5.91 Å². The molecule has 0 bridgehead atoms. The second-order valence-electron chi connectivity index (χ2n) is 4.71. The van der Waals surface area contributed by atoms with E-state index in [2.05, 4.69) is 28.3 Å². The highest BCUT2D eigenvalue weighted by molar-refractivity contribution is 6.04. The molecular weight excluding hydrogens is 238 g/mol. The fraction of sp³-hybridized carbons (Fsp3) is 0.200. The Labute approximate surface area is 112 Å². The van der Waals surface area contributed by atoms with Crippen molar-refractivity contribution in [3.8, 4) is 0 Å². The number of amides is 1. The third-order valence-corrected chi connectivity index (χ3v) is 3.41. The molecule has 96 valence electrons. The number of benzene rings is 1. The van der Waals surface area contributed by atoms with Crippen molar-refractivity contribution in [3.63, 3.8) is 0 Å². The van der Waals surface area contributed by atoms with Crippen molar-refractivity contribution in [1.29, 1.82) is 0 Å². The Balaban J connectivity index is 1.81. The molecular formula is C15H15N3O. The summed E-state index contributed by atoms with van der Waals surface area (Å²) in [6.45, 7) is 1.04. The van der Waals surface area contributed by atoms with Crippen LogP contribution >= 0.6 is 0 Å². The first kappa shape index (κ1) is 11.7. The van der Waals surface area contributed by atoms with Gasteiger partial charge in [-0.15, -0.1) is 0 Å². The number of nitrogens with one attached hydrogen (secondary N) is 1. The van der Waals surface area contributed by atoms with Crippen molar-refractivity contribution in [3.05, 3.63) is 53.9 Å². The van der Waals surface area contributed by atoms with E-state index in [1.807, 2.05) is 12.1 Å². The third-order valence-electron chi connectivity index (χ3n) is 3.41. The van der Waals surface area contributed by atoms with E-state index in [1.165, 1.54) is 11.3 Å².